The van der Waals surface area contributed by atoms with Crippen LogP contribution in [0, 0.1) is 24.0 Å². The SMILES string of the molecule is COc1ccc(CCNC(=O)c2cc(-c3ccc([N+](=O)[O-])cc3)nn2-c2cc(C)ccc2C)cc1OC. The molecule has 0 atom stereocenters. The number of carbonyl (C=O) groups is 1. The van der Waals surface area contributed by atoms with Crippen LogP contribution in [0.5, 0.6) is 11.5 Å². The van der Waals surface area contributed by atoms with Gasteiger partial charge in [-0.25, -0.2) is 4.68 Å². The minimum atomic E-state index is -0.449. The number of amides is 1. The molecule has 3 aromatic carbocycles. The van der Waals surface area contributed by atoms with Crippen LogP contribution in [-0.2, 0) is 6.42 Å². The lowest BCUT2D eigenvalue weighted by Gasteiger charge is -2.12. The Labute approximate surface area is 214 Å². The second-order valence-electron chi connectivity index (χ2n) is 8.62. The second-order valence-corrected chi connectivity index (χ2v) is 8.62. The summed E-state index contributed by atoms with van der Waals surface area (Å²) in [6.07, 6.45) is 0.596. The van der Waals surface area contributed by atoms with Gasteiger partial charge >= 0.3 is 0 Å². The van der Waals surface area contributed by atoms with Gasteiger partial charge < -0.3 is 14.8 Å². The molecule has 4 aromatic rings. The van der Waals surface area contributed by atoms with Crippen molar-refractivity contribution in [2.75, 3.05) is 20.8 Å². The van der Waals surface area contributed by atoms with E-state index in [0.29, 0.717) is 41.4 Å². The number of nitro benzene ring substituents is 1. The molecular weight excluding hydrogens is 472 g/mol. The lowest BCUT2D eigenvalue weighted by atomic mass is 10.1. The first-order valence-electron chi connectivity index (χ1n) is 11.7. The number of aryl methyl sites for hydroxylation is 2. The smallest absolute Gasteiger partial charge is 0.270 e. The number of hydrogen-bond acceptors (Lipinski definition) is 6. The molecule has 190 valence electrons. The van der Waals surface area contributed by atoms with Gasteiger partial charge in [0.15, 0.2) is 11.5 Å². The number of benzene rings is 3. The summed E-state index contributed by atoms with van der Waals surface area (Å²) >= 11 is 0. The predicted octanol–water partition coefficient (Wildman–Crippen LogP) is 5.05. The minimum Gasteiger partial charge on any atom is -0.493 e. The molecule has 0 saturated heterocycles. The highest BCUT2D eigenvalue weighted by molar-refractivity contribution is 5.94. The first-order chi connectivity index (χ1) is 17.8. The molecule has 0 saturated carbocycles. The van der Waals surface area contributed by atoms with E-state index in [4.69, 9.17) is 14.6 Å². The van der Waals surface area contributed by atoms with Gasteiger partial charge in [-0.15, -0.1) is 0 Å². The molecule has 1 heterocycles. The monoisotopic (exact) mass is 500 g/mol. The topological polar surface area (TPSA) is 109 Å². The van der Waals surface area contributed by atoms with Gasteiger partial charge in [-0.3, -0.25) is 14.9 Å². The van der Waals surface area contributed by atoms with E-state index in [0.717, 1.165) is 22.4 Å². The summed E-state index contributed by atoms with van der Waals surface area (Å²) in [6, 6.07) is 19.4. The van der Waals surface area contributed by atoms with Crippen molar-refractivity contribution in [3.8, 4) is 28.4 Å². The predicted molar refractivity (Wildman–Crippen MR) is 141 cm³/mol. The highest BCUT2D eigenvalue weighted by Crippen LogP contribution is 2.28. The number of methoxy groups -OCH3 is 2. The van der Waals surface area contributed by atoms with E-state index in [9.17, 15) is 14.9 Å². The number of nitrogens with one attached hydrogen (secondary N) is 1. The van der Waals surface area contributed by atoms with Crippen LogP contribution in [0.15, 0.2) is 66.7 Å². The van der Waals surface area contributed by atoms with Gasteiger partial charge in [0.1, 0.15) is 5.69 Å². The fraction of sp³-hybridized carbons (Fsp3) is 0.214. The molecule has 0 unspecified atom stereocenters. The molecule has 4 rings (SSSR count). The molecule has 1 N–H and O–H groups in total. The molecule has 0 spiro atoms. The zero-order chi connectivity index (χ0) is 26.5. The average Bonchev–Trinajstić information content (AvgIpc) is 3.35. The Morgan fingerprint density at radius 2 is 1.70 bits per heavy atom. The molecule has 1 amide bonds. The van der Waals surface area contributed by atoms with Gasteiger partial charge in [0, 0.05) is 24.2 Å². The first kappa shape index (κ1) is 25.4. The normalized spacial score (nSPS) is 10.7. The lowest BCUT2D eigenvalue weighted by molar-refractivity contribution is -0.384. The highest BCUT2D eigenvalue weighted by atomic mass is 16.6. The van der Waals surface area contributed by atoms with Crippen molar-refractivity contribution >= 4 is 11.6 Å². The summed E-state index contributed by atoms with van der Waals surface area (Å²) in [5.74, 6) is 1.00. The van der Waals surface area contributed by atoms with Crippen molar-refractivity contribution in [3.05, 3.63) is 99.2 Å². The second kappa shape index (κ2) is 10.9. The number of rotatable bonds is 9. The van der Waals surface area contributed by atoms with Crippen LogP contribution in [0.25, 0.3) is 16.9 Å². The Morgan fingerprint density at radius 3 is 2.38 bits per heavy atom. The molecule has 9 heteroatoms. The molecule has 1 aromatic heterocycles. The average molecular weight is 501 g/mol. The van der Waals surface area contributed by atoms with E-state index in [1.807, 2.05) is 50.2 Å². The lowest BCUT2D eigenvalue weighted by Crippen LogP contribution is -2.28. The highest BCUT2D eigenvalue weighted by Gasteiger charge is 2.19. The Balaban J connectivity index is 1.61. The molecule has 9 nitrogen and oxygen atoms in total. The van der Waals surface area contributed by atoms with Crippen LogP contribution >= 0.6 is 0 Å². The fourth-order valence-electron chi connectivity index (χ4n) is 4.02. The Kier molecular flexibility index (Phi) is 7.52. The third-order valence-corrected chi connectivity index (χ3v) is 6.06. The molecule has 0 bridgehead atoms. The first-order valence-corrected chi connectivity index (χ1v) is 11.7. The van der Waals surface area contributed by atoms with Gasteiger partial charge in [0.05, 0.1) is 30.5 Å². The van der Waals surface area contributed by atoms with Crippen LogP contribution in [-0.4, -0.2) is 41.4 Å². The van der Waals surface area contributed by atoms with Crippen molar-refractivity contribution in [3.63, 3.8) is 0 Å². The molecule has 0 radical (unpaired) electrons. The molecular formula is C28H28N4O5. The summed E-state index contributed by atoms with van der Waals surface area (Å²) in [6.45, 7) is 4.34. The molecule has 0 aliphatic heterocycles. The van der Waals surface area contributed by atoms with E-state index >= 15 is 0 Å². The number of nitrogens with zero attached hydrogens (tertiary/aromatic N) is 3. The van der Waals surface area contributed by atoms with Gasteiger partial charge in [-0.1, -0.05) is 18.2 Å². The number of non-ortho nitro benzene ring substituents is 1. The van der Waals surface area contributed by atoms with Crippen molar-refractivity contribution < 1.29 is 19.2 Å². The maximum atomic E-state index is 13.3. The van der Waals surface area contributed by atoms with Gasteiger partial charge in [0.25, 0.3) is 11.6 Å². The van der Waals surface area contributed by atoms with Gasteiger partial charge in [-0.05, 0) is 73.4 Å². The van der Waals surface area contributed by atoms with Crippen molar-refractivity contribution in [2.24, 2.45) is 0 Å². The third-order valence-electron chi connectivity index (χ3n) is 6.06. The van der Waals surface area contributed by atoms with Crippen molar-refractivity contribution in [1.29, 1.82) is 0 Å². The van der Waals surface area contributed by atoms with E-state index in [-0.39, 0.29) is 11.6 Å². The number of carbonyl (C=O) groups excluding carboxylic acids is 1. The standard InChI is InChI=1S/C28H28N4O5/c1-18-5-6-19(2)24(15-18)31-25(17-23(30-31)21-8-10-22(11-9-21)32(34)35)28(33)29-14-13-20-7-12-26(36-3)27(16-20)37-4/h5-12,15-17H,13-14H2,1-4H3,(H,29,33). The zero-order valence-electron chi connectivity index (χ0n) is 21.1. The summed E-state index contributed by atoms with van der Waals surface area (Å²) < 4.78 is 12.3. The van der Waals surface area contributed by atoms with E-state index in [1.165, 1.54) is 12.1 Å². The van der Waals surface area contributed by atoms with E-state index in [1.54, 1.807) is 37.1 Å². The Hall–Kier alpha value is -4.66. The Bertz CT molecular complexity index is 1440. The van der Waals surface area contributed by atoms with Crippen LogP contribution < -0.4 is 14.8 Å². The zero-order valence-corrected chi connectivity index (χ0v) is 21.1. The molecule has 0 aliphatic rings. The third kappa shape index (κ3) is 5.61. The quantitative estimate of drug-likeness (QED) is 0.254. The van der Waals surface area contributed by atoms with Crippen molar-refractivity contribution in [2.45, 2.75) is 20.3 Å². The molecule has 0 fully saturated rings. The van der Waals surface area contributed by atoms with Crippen LogP contribution in [0.2, 0.25) is 0 Å². The van der Waals surface area contributed by atoms with Gasteiger partial charge in [-0.2, -0.15) is 5.10 Å². The number of aromatic nitrogens is 2. The van der Waals surface area contributed by atoms with Crippen LogP contribution in [0.4, 0.5) is 5.69 Å². The Morgan fingerprint density at radius 1 is 0.973 bits per heavy atom. The van der Waals surface area contributed by atoms with Crippen molar-refractivity contribution in [1.82, 2.24) is 15.1 Å². The minimum absolute atomic E-state index is 0.00848. The fourth-order valence-corrected chi connectivity index (χ4v) is 4.02. The molecule has 0 aliphatic carbocycles. The maximum Gasteiger partial charge on any atom is 0.270 e. The van der Waals surface area contributed by atoms with Crippen LogP contribution in [0.1, 0.15) is 27.2 Å². The number of ether oxygens (including phenoxy) is 2. The summed E-state index contributed by atoms with van der Waals surface area (Å²) in [5, 5.41) is 18.7. The largest absolute Gasteiger partial charge is 0.493 e. The maximum absolute atomic E-state index is 13.3. The van der Waals surface area contributed by atoms with Crippen LogP contribution in [0.3, 0.4) is 0 Å². The summed E-state index contributed by atoms with van der Waals surface area (Å²) in [5.41, 5.74) is 5.36. The van der Waals surface area contributed by atoms with E-state index < -0.39 is 4.92 Å². The number of nitro groups is 1. The summed E-state index contributed by atoms with van der Waals surface area (Å²) in [7, 11) is 3.17. The molecule has 37 heavy (non-hydrogen) atoms. The summed E-state index contributed by atoms with van der Waals surface area (Å²) in [4.78, 5) is 23.9. The number of hydrogen-bond donors (Lipinski definition) is 1. The van der Waals surface area contributed by atoms with E-state index in [2.05, 4.69) is 5.32 Å². The van der Waals surface area contributed by atoms with Gasteiger partial charge in [0.2, 0.25) is 0 Å².